The van der Waals surface area contributed by atoms with Gasteiger partial charge in [0.25, 0.3) is 5.91 Å². The maximum absolute atomic E-state index is 11.8. The highest BCUT2D eigenvalue weighted by atomic mass is 16.5. The average Bonchev–Trinajstić information content (AvgIpc) is 2.36. The zero-order chi connectivity index (χ0) is 14.3. The molecular weight excluding hydrogens is 248 g/mol. The Labute approximate surface area is 111 Å². The normalized spacial score (nSPS) is 10.2. The maximum Gasteiger partial charge on any atom is 0.251 e. The Hall–Kier alpha value is -2.15. The standard InChI is InChI=1S/C12H18N4O3/c1-2-9-5-8(6-10(13)16-9)12(18)15-3-4-19-7-11(14)17/h5-6H,2-4,7H2,1H3,(H2,13,16)(H2,14,17)(H,15,18). The van der Waals surface area contributed by atoms with E-state index >= 15 is 0 Å². The monoisotopic (exact) mass is 266 g/mol. The molecule has 0 aliphatic rings. The van der Waals surface area contributed by atoms with Crippen LogP contribution in [-0.4, -0.2) is 36.6 Å². The summed E-state index contributed by atoms with van der Waals surface area (Å²) in [5, 5.41) is 2.65. The molecule has 0 spiro atoms. The molecule has 1 rings (SSSR count). The molecule has 19 heavy (non-hydrogen) atoms. The van der Waals surface area contributed by atoms with Crippen molar-refractivity contribution in [2.75, 3.05) is 25.5 Å². The van der Waals surface area contributed by atoms with Gasteiger partial charge in [-0.05, 0) is 18.6 Å². The quantitative estimate of drug-likeness (QED) is 0.572. The van der Waals surface area contributed by atoms with Crippen molar-refractivity contribution in [2.45, 2.75) is 13.3 Å². The molecule has 2 amide bonds. The van der Waals surface area contributed by atoms with E-state index < -0.39 is 5.91 Å². The number of nitrogens with one attached hydrogen (secondary N) is 1. The van der Waals surface area contributed by atoms with Crippen LogP contribution in [0.2, 0.25) is 0 Å². The first-order valence-electron chi connectivity index (χ1n) is 5.93. The highest BCUT2D eigenvalue weighted by Gasteiger charge is 2.07. The molecule has 1 heterocycles. The number of amides is 2. The SMILES string of the molecule is CCc1cc(C(=O)NCCOCC(N)=O)cc(N)n1. The van der Waals surface area contributed by atoms with Crippen molar-refractivity contribution in [1.82, 2.24) is 10.3 Å². The molecule has 1 aromatic rings. The number of nitrogens with zero attached hydrogens (tertiary/aromatic N) is 1. The molecule has 104 valence electrons. The van der Waals surface area contributed by atoms with Crippen molar-refractivity contribution < 1.29 is 14.3 Å². The van der Waals surface area contributed by atoms with Gasteiger partial charge in [0.05, 0.1) is 6.61 Å². The van der Waals surface area contributed by atoms with Crippen LogP contribution in [0.4, 0.5) is 5.82 Å². The number of hydrogen-bond acceptors (Lipinski definition) is 5. The van der Waals surface area contributed by atoms with E-state index in [0.29, 0.717) is 17.8 Å². The summed E-state index contributed by atoms with van der Waals surface area (Å²) in [4.78, 5) is 26.3. The second-order valence-electron chi connectivity index (χ2n) is 3.90. The van der Waals surface area contributed by atoms with Gasteiger partial charge >= 0.3 is 0 Å². The van der Waals surface area contributed by atoms with Gasteiger partial charge in [-0.15, -0.1) is 0 Å². The van der Waals surface area contributed by atoms with Crippen molar-refractivity contribution in [1.29, 1.82) is 0 Å². The van der Waals surface area contributed by atoms with Gasteiger partial charge in [-0.1, -0.05) is 6.92 Å². The third kappa shape index (κ3) is 5.35. The fraction of sp³-hybridized carbons (Fsp3) is 0.417. The molecule has 0 saturated heterocycles. The van der Waals surface area contributed by atoms with Gasteiger partial charge in [-0.2, -0.15) is 0 Å². The molecule has 0 aliphatic carbocycles. The van der Waals surface area contributed by atoms with Gasteiger partial charge in [0.2, 0.25) is 5.91 Å². The number of anilines is 1. The first-order valence-corrected chi connectivity index (χ1v) is 5.93. The van der Waals surface area contributed by atoms with E-state index in [1.54, 1.807) is 6.07 Å². The number of carbonyl (C=O) groups is 2. The number of pyridine rings is 1. The highest BCUT2D eigenvalue weighted by molar-refractivity contribution is 5.94. The van der Waals surface area contributed by atoms with Gasteiger partial charge in [-0.3, -0.25) is 9.59 Å². The molecule has 7 nitrogen and oxygen atoms in total. The van der Waals surface area contributed by atoms with E-state index in [4.69, 9.17) is 16.2 Å². The van der Waals surface area contributed by atoms with Crippen LogP contribution in [0, 0.1) is 0 Å². The van der Waals surface area contributed by atoms with Crippen LogP contribution >= 0.6 is 0 Å². The minimum absolute atomic E-state index is 0.155. The second kappa shape index (κ2) is 7.32. The number of nitrogen functional groups attached to an aromatic ring is 1. The number of rotatable bonds is 7. The van der Waals surface area contributed by atoms with Crippen LogP contribution in [-0.2, 0) is 16.0 Å². The zero-order valence-electron chi connectivity index (χ0n) is 10.8. The molecule has 0 fully saturated rings. The Morgan fingerprint density at radius 3 is 2.79 bits per heavy atom. The highest BCUT2D eigenvalue weighted by Crippen LogP contribution is 2.08. The summed E-state index contributed by atoms with van der Waals surface area (Å²) in [6, 6.07) is 3.20. The number of nitrogens with two attached hydrogens (primary N) is 2. The largest absolute Gasteiger partial charge is 0.384 e. The van der Waals surface area contributed by atoms with Crippen molar-refractivity contribution in [3.8, 4) is 0 Å². The number of aryl methyl sites for hydroxylation is 1. The molecule has 0 bridgehead atoms. The molecule has 0 radical (unpaired) electrons. The van der Waals surface area contributed by atoms with Gasteiger partial charge in [0.1, 0.15) is 12.4 Å². The van der Waals surface area contributed by atoms with Crippen LogP contribution in [0.15, 0.2) is 12.1 Å². The van der Waals surface area contributed by atoms with Gasteiger partial charge in [-0.25, -0.2) is 4.98 Å². The van der Waals surface area contributed by atoms with E-state index in [2.05, 4.69) is 10.3 Å². The average molecular weight is 266 g/mol. The van der Waals surface area contributed by atoms with Crippen molar-refractivity contribution in [2.24, 2.45) is 5.73 Å². The first kappa shape index (κ1) is 14.9. The van der Waals surface area contributed by atoms with Crippen molar-refractivity contribution in [3.63, 3.8) is 0 Å². The van der Waals surface area contributed by atoms with Gasteiger partial charge in [0, 0.05) is 17.8 Å². The number of carbonyl (C=O) groups excluding carboxylic acids is 2. The van der Waals surface area contributed by atoms with Gasteiger partial charge in [0.15, 0.2) is 0 Å². The lowest BCUT2D eigenvalue weighted by Crippen LogP contribution is -2.29. The molecule has 7 heteroatoms. The Kier molecular flexibility index (Phi) is 5.74. The lowest BCUT2D eigenvalue weighted by Gasteiger charge is -2.07. The lowest BCUT2D eigenvalue weighted by molar-refractivity contribution is -0.122. The Morgan fingerprint density at radius 1 is 1.42 bits per heavy atom. The van der Waals surface area contributed by atoms with Gasteiger partial charge < -0.3 is 21.5 Å². The number of primary amides is 1. The zero-order valence-corrected chi connectivity index (χ0v) is 10.8. The van der Waals surface area contributed by atoms with E-state index in [0.717, 1.165) is 5.69 Å². The first-order chi connectivity index (χ1) is 9.02. The summed E-state index contributed by atoms with van der Waals surface area (Å²) in [5.74, 6) is -0.484. The van der Waals surface area contributed by atoms with E-state index in [9.17, 15) is 9.59 Å². The summed E-state index contributed by atoms with van der Waals surface area (Å²) in [6.45, 7) is 2.28. The predicted octanol–water partition coefficient (Wildman–Crippen LogP) is -0.542. The fourth-order valence-electron chi connectivity index (χ4n) is 1.43. The number of aromatic nitrogens is 1. The molecular formula is C12H18N4O3. The summed E-state index contributed by atoms with van der Waals surface area (Å²) >= 11 is 0. The van der Waals surface area contributed by atoms with Crippen LogP contribution in [0.1, 0.15) is 23.0 Å². The Morgan fingerprint density at radius 2 is 2.16 bits per heavy atom. The minimum atomic E-state index is -0.541. The van der Waals surface area contributed by atoms with E-state index in [1.807, 2.05) is 6.92 Å². The maximum atomic E-state index is 11.8. The predicted molar refractivity (Wildman–Crippen MR) is 70.4 cm³/mol. The molecule has 0 saturated carbocycles. The van der Waals surface area contributed by atoms with Crippen LogP contribution in [0.3, 0.4) is 0 Å². The molecule has 0 aromatic carbocycles. The minimum Gasteiger partial charge on any atom is -0.384 e. The topological polar surface area (TPSA) is 120 Å². The third-order valence-electron chi connectivity index (χ3n) is 2.30. The summed E-state index contributed by atoms with van der Waals surface area (Å²) in [7, 11) is 0. The van der Waals surface area contributed by atoms with E-state index in [-0.39, 0.29) is 25.7 Å². The molecule has 0 aliphatic heterocycles. The fourth-order valence-corrected chi connectivity index (χ4v) is 1.43. The summed E-state index contributed by atoms with van der Waals surface area (Å²) < 4.78 is 4.92. The van der Waals surface area contributed by atoms with Crippen molar-refractivity contribution >= 4 is 17.6 Å². The number of hydrogen-bond donors (Lipinski definition) is 3. The number of ether oxygens (including phenoxy) is 1. The Bertz CT molecular complexity index is 462. The lowest BCUT2D eigenvalue weighted by atomic mass is 10.2. The van der Waals surface area contributed by atoms with E-state index in [1.165, 1.54) is 6.07 Å². The van der Waals surface area contributed by atoms with Crippen molar-refractivity contribution in [3.05, 3.63) is 23.4 Å². The Balaban J connectivity index is 2.45. The molecule has 5 N–H and O–H groups in total. The van der Waals surface area contributed by atoms with Crippen LogP contribution in [0.25, 0.3) is 0 Å². The smallest absolute Gasteiger partial charge is 0.251 e. The molecule has 1 aromatic heterocycles. The molecule has 0 unspecified atom stereocenters. The third-order valence-corrected chi connectivity index (χ3v) is 2.30. The summed E-state index contributed by atoms with van der Waals surface area (Å²) in [5.41, 5.74) is 11.7. The van der Waals surface area contributed by atoms with Crippen LogP contribution < -0.4 is 16.8 Å². The summed E-state index contributed by atoms with van der Waals surface area (Å²) in [6.07, 6.45) is 0.701. The molecule has 0 atom stereocenters. The van der Waals surface area contributed by atoms with Crippen LogP contribution in [0.5, 0.6) is 0 Å². The second-order valence-corrected chi connectivity index (χ2v) is 3.90.